The highest BCUT2D eigenvalue weighted by molar-refractivity contribution is 5.75. The molecule has 0 radical (unpaired) electrons. The van der Waals surface area contributed by atoms with Crippen LogP contribution in [-0.4, -0.2) is 36.6 Å². The molecule has 4 rings (SSSR count). The van der Waals surface area contributed by atoms with Gasteiger partial charge < -0.3 is 9.64 Å². The third kappa shape index (κ3) is 1.89. The van der Waals surface area contributed by atoms with Crippen LogP contribution in [0.25, 0.3) is 0 Å². The van der Waals surface area contributed by atoms with Crippen LogP contribution in [0.4, 0.5) is 5.69 Å². The molecule has 1 fully saturated rings. The monoisotopic (exact) mass is 265 g/mol. The molecule has 2 atom stereocenters. The molecule has 20 heavy (non-hydrogen) atoms. The number of hydrogen-bond acceptors (Lipinski definition) is 4. The van der Waals surface area contributed by atoms with Gasteiger partial charge in [-0.3, -0.25) is 9.98 Å². The van der Waals surface area contributed by atoms with Gasteiger partial charge in [0.25, 0.3) is 0 Å². The summed E-state index contributed by atoms with van der Waals surface area (Å²) in [6, 6.07) is 4.13. The Hall–Kier alpha value is -2.20. The van der Waals surface area contributed by atoms with E-state index >= 15 is 0 Å². The summed E-state index contributed by atoms with van der Waals surface area (Å²) in [5.41, 5.74) is 3.60. The second-order valence-electron chi connectivity index (χ2n) is 5.14. The average molecular weight is 265 g/mol. The van der Waals surface area contributed by atoms with Gasteiger partial charge in [-0.15, -0.1) is 0 Å². The van der Waals surface area contributed by atoms with Gasteiger partial charge in [-0.05, 0) is 29.4 Å². The molecular formula is C16H15N3O. The number of dihydropyridines is 1. The quantitative estimate of drug-likeness (QED) is 0.780. The first kappa shape index (κ1) is 11.6. The molecule has 1 saturated heterocycles. The molecule has 100 valence electrons. The van der Waals surface area contributed by atoms with E-state index in [0.717, 1.165) is 12.2 Å². The fourth-order valence-electron chi connectivity index (χ4n) is 2.87. The van der Waals surface area contributed by atoms with Crippen molar-refractivity contribution in [2.75, 3.05) is 18.2 Å². The summed E-state index contributed by atoms with van der Waals surface area (Å²) in [7, 11) is 0. The van der Waals surface area contributed by atoms with Gasteiger partial charge >= 0.3 is 0 Å². The molecule has 2 unspecified atom stereocenters. The number of ether oxygens (including phenoxy) is 1. The van der Waals surface area contributed by atoms with Crippen molar-refractivity contribution >= 4 is 11.9 Å². The van der Waals surface area contributed by atoms with Crippen molar-refractivity contribution in [2.24, 2.45) is 4.99 Å². The lowest BCUT2D eigenvalue weighted by atomic mass is 9.88. The third-order valence-corrected chi connectivity index (χ3v) is 3.90. The molecule has 3 heterocycles. The molecule has 1 aromatic rings. The number of fused-ring (bicyclic) bond motifs is 3. The highest BCUT2D eigenvalue weighted by Crippen LogP contribution is 2.32. The van der Waals surface area contributed by atoms with Gasteiger partial charge in [-0.1, -0.05) is 18.2 Å². The van der Waals surface area contributed by atoms with E-state index < -0.39 is 0 Å². The van der Waals surface area contributed by atoms with E-state index in [1.807, 2.05) is 24.6 Å². The lowest BCUT2D eigenvalue weighted by molar-refractivity contribution is 0.0498. The van der Waals surface area contributed by atoms with E-state index in [1.54, 1.807) is 6.20 Å². The maximum atomic E-state index is 6.06. The Kier molecular flexibility index (Phi) is 2.74. The SMILES string of the molecule is C1=CC2=CC=C3CN(c4cccnc4)COC3C2N=C1. The predicted molar refractivity (Wildman–Crippen MR) is 78.9 cm³/mol. The Bertz CT molecular complexity index is 630. The maximum Gasteiger partial charge on any atom is 0.120 e. The molecule has 4 nitrogen and oxygen atoms in total. The van der Waals surface area contributed by atoms with Crippen LogP contribution < -0.4 is 4.90 Å². The standard InChI is InChI=1S/C16H15N3O/c1-3-12-5-6-13-10-19(14-4-2-7-17-9-14)11-20-16(13)15(12)18-8-1/h1-9,15-16H,10-11H2. The Balaban J connectivity index is 1.61. The largest absolute Gasteiger partial charge is 0.351 e. The molecule has 2 aliphatic heterocycles. The normalized spacial score (nSPS) is 27.5. The summed E-state index contributed by atoms with van der Waals surface area (Å²) >= 11 is 0. The molecule has 1 aromatic heterocycles. The summed E-state index contributed by atoms with van der Waals surface area (Å²) in [6.45, 7) is 1.45. The second kappa shape index (κ2) is 4.72. The van der Waals surface area contributed by atoms with Crippen LogP contribution in [0.5, 0.6) is 0 Å². The first-order valence-electron chi connectivity index (χ1n) is 6.79. The Morgan fingerprint density at radius 3 is 3.20 bits per heavy atom. The fourth-order valence-corrected chi connectivity index (χ4v) is 2.87. The predicted octanol–water partition coefficient (Wildman–Crippen LogP) is 2.12. The molecule has 0 spiro atoms. The number of aliphatic imine (C=N–C) groups is 1. The topological polar surface area (TPSA) is 37.7 Å². The van der Waals surface area contributed by atoms with Gasteiger partial charge in [0.1, 0.15) is 18.9 Å². The van der Waals surface area contributed by atoms with Gasteiger partial charge in [0.15, 0.2) is 0 Å². The van der Waals surface area contributed by atoms with Crippen molar-refractivity contribution in [2.45, 2.75) is 12.1 Å². The number of aromatic nitrogens is 1. The molecular weight excluding hydrogens is 250 g/mol. The number of hydrogen-bond donors (Lipinski definition) is 0. The lowest BCUT2D eigenvalue weighted by Gasteiger charge is -2.40. The van der Waals surface area contributed by atoms with Crippen molar-refractivity contribution in [3.8, 4) is 0 Å². The number of pyridine rings is 1. The van der Waals surface area contributed by atoms with Crippen molar-refractivity contribution in [1.82, 2.24) is 4.98 Å². The third-order valence-electron chi connectivity index (χ3n) is 3.90. The summed E-state index contributed by atoms with van der Waals surface area (Å²) in [5, 5.41) is 0. The molecule has 0 bridgehead atoms. The van der Waals surface area contributed by atoms with Gasteiger partial charge in [0, 0.05) is 19.0 Å². The first-order valence-corrected chi connectivity index (χ1v) is 6.79. The smallest absolute Gasteiger partial charge is 0.120 e. The molecule has 4 heteroatoms. The highest BCUT2D eigenvalue weighted by Gasteiger charge is 2.34. The molecule has 3 aliphatic rings. The molecule has 0 aromatic carbocycles. The van der Waals surface area contributed by atoms with Crippen molar-refractivity contribution in [3.63, 3.8) is 0 Å². The van der Waals surface area contributed by atoms with Crippen LogP contribution in [-0.2, 0) is 4.74 Å². The zero-order valence-corrected chi connectivity index (χ0v) is 11.0. The van der Waals surface area contributed by atoms with Crippen molar-refractivity contribution in [3.05, 3.63) is 60.0 Å². The maximum absolute atomic E-state index is 6.06. The number of anilines is 1. The van der Waals surface area contributed by atoms with Crippen LogP contribution in [0.3, 0.4) is 0 Å². The van der Waals surface area contributed by atoms with Gasteiger partial charge in [-0.25, -0.2) is 0 Å². The number of nitrogens with zero attached hydrogens (tertiary/aromatic N) is 3. The van der Waals surface area contributed by atoms with E-state index in [-0.39, 0.29) is 12.1 Å². The number of rotatable bonds is 1. The van der Waals surface area contributed by atoms with Crippen molar-refractivity contribution < 1.29 is 4.74 Å². The van der Waals surface area contributed by atoms with Gasteiger partial charge in [-0.2, -0.15) is 0 Å². The minimum Gasteiger partial charge on any atom is -0.351 e. The summed E-state index contributed by atoms with van der Waals surface area (Å²) < 4.78 is 6.06. The Labute approximate surface area is 117 Å². The molecule has 1 aliphatic carbocycles. The minimum absolute atomic E-state index is 0.0733. The Morgan fingerprint density at radius 2 is 2.30 bits per heavy atom. The second-order valence-corrected chi connectivity index (χ2v) is 5.14. The average Bonchev–Trinajstić information content (AvgIpc) is 2.55. The van der Waals surface area contributed by atoms with Crippen LogP contribution in [0, 0.1) is 0 Å². The fraction of sp³-hybridized carbons (Fsp3) is 0.250. The zero-order chi connectivity index (χ0) is 13.4. The lowest BCUT2D eigenvalue weighted by Crippen LogP contribution is -2.46. The highest BCUT2D eigenvalue weighted by atomic mass is 16.5. The minimum atomic E-state index is 0.0733. The zero-order valence-electron chi connectivity index (χ0n) is 11.0. The van der Waals surface area contributed by atoms with Crippen molar-refractivity contribution in [1.29, 1.82) is 0 Å². The van der Waals surface area contributed by atoms with E-state index in [0.29, 0.717) is 6.73 Å². The van der Waals surface area contributed by atoms with Crippen LogP contribution in [0.2, 0.25) is 0 Å². The van der Waals surface area contributed by atoms with Crippen LogP contribution in [0.15, 0.2) is 65.0 Å². The van der Waals surface area contributed by atoms with Gasteiger partial charge in [0.05, 0.1) is 11.9 Å². The summed E-state index contributed by atoms with van der Waals surface area (Å²) in [5.74, 6) is 0. The first-order chi connectivity index (χ1) is 9.92. The van der Waals surface area contributed by atoms with E-state index in [2.05, 4.69) is 39.2 Å². The molecule has 0 amide bonds. The van der Waals surface area contributed by atoms with Crippen LogP contribution >= 0.6 is 0 Å². The van der Waals surface area contributed by atoms with E-state index in [9.17, 15) is 0 Å². The van der Waals surface area contributed by atoms with Gasteiger partial charge in [0.2, 0.25) is 0 Å². The summed E-state index contributed by atoms with van der Waals surface area (Å²) in [4.78, 5) is 10.9. The van der Waals surface area contributed by atoms with E-state index in [1.165, 1.54) is 11.1 Å². The van der Waals surface area contributed by atoms with E-state index in [4.69, 9.17) is 4.74 Å². The Morgan fingerprint density at radius 1 is 1.30 bits per heavy atom. The van der Waals surface area contributed by atoms with Crippen LogP contribution in [0.1, 0.15) is 0 Å². The summed E-state index contributed by atoms with van der Waals surface area (Å²) in [6.07, 6.45) is 14.0. The molecule has 0 saturated carbocycles. The number of allylic oxidation sites excluding steroid dienone is 3. The molecule has 0 N–H and O–H groups in total.